The first-order valence-corrected chi connectivity index (χ1v) is 8.42. The first kappa shape index (κ1) is 17.7. The third-order valence-electron chi connectivity index (χ3n) is 3.78. The molecule has 0 fully saturated rings. The predicted molar refractivity (Wildman–Crippen MR) is 98.4 cm³/mol. The Kier molecular flexibility index (Phi) is 6.55. The van der Waals surface area contributed by atoms with Gasteiger partial charge in [0.05, 0.1) is 0 Å². The Hall–Kier alpha value is -2.62. The Balaban J connectivity index is 1.95. The number of hydrogen-bond donors (Lipinski definition) is 2. The summed E-state index contributed by atoms with van der Waals surface area (Å²) >= 11 is 0. The van der Waals surface area contributed by atoms with E-state index in [2.05, 4.69) is 29.7 Å². The molecule has 0 bridgehead atoms. The Morgan fingerprint density at radius 2 is 1.42 bits per heavy atom. The molecule has 0 radical (unpaired) electrons. The molecule has 0 aliphatic heterocycles. The van der Waals surface area contributed by atoms with Gasteiger partial charge in [-0.3, -0.25) is 9.59 Å². The van der Waals surface area contributed by atoms with E-state index in [1.807, 2.05) is 12.1 Å². The number of benzene rings is 2. The molecule has 4 heteroatoms. The minimum Gasteiger partial charge on any atom is -0.326 e. The van der Waals surface area contributed by atoms with Crippen LogP contribution in [0.1, 0.15) is 49.0 Å². The van der Waals surface area contributed by atoms with Crippen molar-refractivity contribution in [2.45, 2.75) is 39.5 Å². The van der Waals surface area contributed by atoms with E-state index in [9.17, 15) is 9.59 Å². The van der Waals surface area contributed by atoms with E-state index in [1.165, 1.54) is 18.4 Å². The molecule has 2 N–H and O–H groups in total. The maximum Gasteiger partial charge on any atom is 0.255 e. The van der Waals surface area contributed by atoms with Crippen LogP contribution in [0.2, 0.25) is 0 Å². The van der Waals surface area contributed by atoms with Crippen molar-refractivity contribution in [2.75, 3.05) is 10.6 Å². The molecule has 0 unspecified atom stereocenters. The van der Waals surface area contributed by atoms with Gasteiger partial charge in [0.2, 0.25) is 5.91 Å². The molecule has 2 aromatic carbocycles. The summed E-state index contributed by atoms with van der Waals surface area (Å²) in [4.78, 5) is 23.6. The Morgan fingerprint density at radius 3 is 2.00 bits per heavy atom. The summed E-state index contributed by atoms with van der Waals surface area (Å²) < 4.78 is 0. The molecule has 0 aliphatic carbocycles. The largest absolute Gasteiger partial charge is 0.326 e. The van der Waals surface area contributed by atoms with Crippen molar-refractivity contribution in [3.8, 4) is 0 Å². The average Bonchev–Trinajstić information content (AvgIpc) is 2.61. The van der Waals surface area contributed by atoms with Gasteiger partial charge in [-0.05, 0) is 54.8 Å². The monoisotopic (exact) mass is 324 g/mol. The van der Waals surface area contributed by atoms with Crippen LogP contribution in [0.25, 0.3) is 0 Å². The minimum absolute atomic E-state index is 0.0460. The summed E-state index contributed by atoms with van der Waals surface area (Å²) in [6.07, 6.45) is 3.84. The zero-order valence-corrected chi connectivity index (χ0v) is 14.3. The van der Waals surface area contributed by atoms with E-state index in [-0.39, 0.29) is 11.8 Å². The molecule has 126 valence electrons. The van der Waals surface area contributed by atoms with Crippen LogP contribution in [0.3, 0.4) is 0 Å². The van der Waals surface area contributed by atoms with E-state index in [4.69, 9.17) is 0 Å². The van der Waals surface area contributed by atoms with Crippen LogP contribution >= 0.6 is 0 Å². The van der Waals surface area contributed by atoms with Gasteiger partial charge in [0, 0.05) is 23.4 Å². The van der Waals surface area contributed by atoms with Crippen molar-refractivity contribution in [1.29, 1.82) is 0 Å². The smallest absolute Gasteiger partial charge is 0.255 e. The van der Waals surface area contributed by atoms with Crippen molar-refractivity contribution in [1.82, 2.24) is 0 Å². The molecule has 0 heterocycles. The van der Waals surface area contributed by atoms with Gasteiger partial charge >= 0.3 is 0 Å². The summed E-state index contributed by atoms with van der Waals surface area (Å²) in [5.74, 6) is -0.208. The summed E-state index contributed by atoms with van der Waals surface area (Å²) in [5.41, 5.74) is 3.31. The van der Waals surface area contributed by atoms with Crippen LogP contribution in [-0.2, 0) is 11.2 Å². The summed E-state index contributed by atoms with van der Waals surface area (Å²) in [6, 6.07) is 14.8. The summed E-state index contributed by atoms with van der Waals surface area (Å²) in [6.45, 7) is 3.97. The number of anilines is 2. The lowest BCUT2D eigenvalue weighted by molar-refractivity contribution is -0.115. The van der Waals surface area contributed by atoms with Gasteiger partial charge in [0.15, 0.2) is 0 Å². The minimum atomic E-state index is -0.162. The predicted octanol–water partition coefficient (Wildman–Crippen LogP) is 4.63. The first-order valence-electron chi connectivity index (χ1n) is 8.42. The van der Waals surface area contributed by atoms with E-state index < -0.39 is 0 Å². The molecule has 2 rings (SSSR count). The van der Waals surface area contributed by atoms with Crippen molar-refractivity contribution >= 4 is 23.2 Å². The third-order valence-corrected chi connectivity index (χ3v) is 3.78. The standard InChI is InChI=1S/C20H24N2O2/c1-3-5-6-15-7-11-18(12-8-15)22-20(24)16-9-13-17(14-10-16)21-19(23)4-2/h7-14H,3-6H2,1-2H3,(H,21,23)(H,22,24). The maximum atomic E-state index is 12.3. The molecular weight excluding hydrogens is 300 g/mol. The zero-order valence-electron chi connectivity index (χ0n) is 14.3. The average molecular weight is 324 g/mol. The lowest BCUT2D eigenvalue weighted by atomic mass is 10.1. The van der Waals surface area contributed by atoms with Crippen LogP contribution in [0.4, 0.5) is 11.4 Å². The maximum absolute atomic E-state index is 12.3. The molecule has 4 nitrogen and oxygen atoms in total. The van der Waals surface area contributed by atoms with Gasteiger partial charge in [0.25, 0.3) is 5.91 Å². The number of carbonyl (C=O) groups is 2. The van der Waals surface area contributed by atoms with Crippen molar-refractivity contribution < 1.29 is 9.59 Å². The van der Waals surface area contributed by atoms with Gasteiger partial charge in [0.1, 0.15) is 0 Å². The fourth-order valence-corrected chi connectivity index (χ4v) is 2.29. The van der Waals surface area contributed by atoms with Gasteiger partial charge in [-0.25, -0.2) is 0 Å². The highest BCUT2D eigenvalue weighted by Gasteiger charge is 2.07. The summed E-state index contributed by atoms with van der Waals surface area (Å²) in [5, 5.41) is 5.65. The molecule has 0 aliphatic rings. The number of amides is 2. The SMILES string of the molecule is CCCCc1ccc(NC(=O)c2ccc(NC(=O)CC)cc2)cc1. The van der Waals surface area contributed by atoms with Crippen molar-refractivity contribution in [2.24, 2.45) is 0 Å². The van der Waals surface area contributed by atoms with E-state index in [0.717, 1.165) is 12.1 Å². The fraction of sp³-hybridized carbons (Fsp3) is 0.300. The van der Waals surface area contributed by atoms with Crippen LogP contribution in [0.15, 0.2) is 48.5 Å². The lowest BCUT2D eigenvalue weighted by Gasteiger charge is -2.08. The van der Waals surface area contributed by atoms with E-state index in [0.29, 0.717) is 17.7 Å². The number of hydrogen-bond acceptors (Lipinski definition) is 2. The second-order valence-electron chi connectivity index (χ2n) is 5.73. The van der Waals surface area contributed by atoms with E-state index in [1.54, 1.807) is 31.2 Å². The van der Waals surface area contributed by atoms with E-state index >= 15 is 0 Å². The zero-order chi connectivity index (χ0) is 17.4. The highest BCUT2D eigenvalue weighted by molar-refractivity contribution is 6.04. The van der Waals surface area contributed by atoms with Gasteiger partial charge in [-0.2, -0.15) is 0 Å². The Morgan fingerprint density at radius 1 is 0.833 bits per heavy atom. The fourth-order valence-electron chi connectivity index (χ4n) is 2.29. The number of unbranched alkanes of at least 4 members (excludes halogenated alkanes) is 1. The number of aryl methyl sites for hydroxylation is 1. The molecule has 0 aromatic heterocycles. The van der Waals surface area contributed by atoms with Crippen LogP contribution in [0, 0.1) is 0 Å². The number of nitrogens with one attached hydrogen (secondary N) is 2. The molecule has 2 aromatic rings. The van der Waals surface area contributed by atoms with Crippen molar-refractivity contribution in [3.05, 3.63) is 59.7 Å². The second-order valence-corrected chi connectivity index (χ2v) is 5.73. The highest BCUT2D eigenvalue weighted by atomic mass is 16.2. The second kappa shape index (κ2) is 8.87. The topological polar surface area (TPSA) is 58.2 Å². The van der Waals surface area contributed by atoms with Crippen LogP contribution in [-0.4, -0.2) is 11.8 Å². The van der Waals surface area contributed by atoms with Crippen LogP contribution < -0.4 is 10.6 Å². The summed E-state index contributed by atoms with van der Waals surface area (Å²) in [7, 11) is 0. The highest BCUT2D eigenvalue weighted by Crippen LogP contribution is 2.15. The first-order chi connectivity index (χ1) is 11.6. The molecule has 24 heavy (non-hydrogen) atoms. The Labute approximate surface area is 143 Å². The molecule has 0 spiro atoms. The number of carbonyl (C=O) groups excluding carboxylic acids is 2. The molecule has 0 atom stereocenters. The molecule has 2 amide bonds. The van der Waals surface area contributed by atoms with Crippen LogP contribution in [0.5, 0.6) is 0 Å². The lowest BCUT2D eigenvalue weighted by Crippen LogP contribution is -2.13. The number of rotatable bonds is 7. The van der Waals surface area contributed by atoms with Gasteiger partial charge in [-0.1, -0.05) is 32.4 Å². The third kappa shape index (κ3) is 5.23. The normalized spacial score (nSPS) is 10.2. The quantitative estimate of drug-likeness (QED) is 0.780. The molecular formula is C20H24N2O2. The van der Waals surface area contributed by atoms with Gasteiger partial charge in [-0.15, -0.1) is 0 Å². The molecule has 0 saturated carbocycles. The van der Waals surface area contributed by atoms with Crippen molar-refractivity contribution in [3.63, 3.8) is 0 Å². The van der Waals surface area contributed by atoms with Gasteiger partial charge < -0.3 is 10.6 Å². The molecule has 0 saturated heterocycles. The Bertz CT molecular complexity index is 676.